The zero-order valence-electron chi connectivity index (χ0n) is 12.3. The van der Waals surface area contributed by atoms with Crippen molar-refractivity contribution in [2.24, 2.45) is 4.99 Å². The molecule has 0 unspecified atom stereocenters. The molecule has 0 saturated carbocycles. The van der Waals surface area contributed by atoms with Crippen LogP contribution in [0.4, 0.5) is 10.1 Å². The molecule has 116 valence electrons. The third-order valence-electron chi connectivity index (χ3n) is 3.40. The Morgan fingerprint density at radius 1 is 1.22 bits per heavy atom. The summed E-state index contributed by atoms with van der Waals surface area (Å²) in [5.74, 6) is -0.665. The van der Waals surface area contributed by atoms with Gasteiger partial charge in [0.1, 0.15) is 17.3 Å². The van der Waals surface area contributed by atoms with E-state index in [4.69, 9.17) is 0 Å². The van der Waals surface area contributed by atoms with Gasteiger partial charge in [0.25, 0.3) is 5.56 Å². The molecular formula is C17H14FN3O2. The monoisotopic (exact) mass is 311 g/mol. The second-order valence-corrected chi connectivity index (χ2v) is 5.02. The van der Waals surface area contributed by atoms with E-state index in [1.165, 1.54) is 17.0 Å². The highest BCUT2D eigenvalue weighted by molar-refractivity contribution is 5.83. The van der Waals surface area contributed by atoms with E-state index in [0.29, 0.717) is 16.9 Å². The first-order chi connectivity index (χ1) is 11.1. The molecule has 1 aromatic heterocycles. The number of aromatic hydroxyl groups is 1. The molecule has 0 radical (unpaired) electrons. The fourth-order valence-corrected chi connectivity index (χ4v) is 2.20. The summed E-state index contributed by atoms with van der Waals surface area (Å²) >= 11 is 0. The smallest absolute Gasteiger partial charge is 0.280 e. The second kappa shape index (κ2) is 5.92. The van der Waals surface area contributed by atoms with E-state index in [1.807, 2.05) is 18.2 Å². The number of rotatable bonds is 3. The van der Waals surface area contributed by atoms with Crippen LogP contribution in [0.5, 0.6) is 5.75 Å². The SMILES string of the molecule is Cc1[nH]n(-c2ccccc2)c(=O)c1C=Nc1cc(F)ccc1O. The van der Waals surface area contributed by atoms with Crippen LogP contribution in [0.15, 0.2) is 58.3 Å². The molecule has 2 N–H and O–H groups in total. The third-order valence-corrected chi connectivity index (χ3v) is 3.40. The quantitative estimate of drug-likeness (QED) is 0.730. The molecule has 3 rings (SSSR count). The highest BCUT2D eigenvalue weighted by Crippen LogP contribution is 2.26. The number of H-pyrrole nitrogens is 1. The van der Waals surface area contributed by atoms with Crippen LogP contribution in [-0.2, 0) is 0 Å². The summed E-state index contributed by atoms with van der Waals surface area (Å²) in [6.45, 7) is 1.74. The minimum Gasteiger partial charge on any atom is -0.506 e. The van der Waals surface area contributed by atoms with Gasteiger partial charge in [-0.05, 0) is 31.2 Å². The lowest BCUT2D eigenvalue weighted by atomic mass is 10.2. The van der Waals surface area contributed by atoms with Crippen LogP contribution in [0.25, 0.3) is 5.69 Å². The van der Waals surface area contributed by atoms with Gasteiger partial charge in [0.15, 0.2) is 0 Å². The van der Waals surface area contributed by atoms with Crippen molar-refractivity contribution in [3.63, 3.8) is 0 Å². The van der Waals surface area contributed by atoms with Crippen LogP contribution >= 0.6 is 0 Å². The topological polar surface area (TPSA) is 70.4 Å². The minimum atomic E-state index is -0.512. The largest absolute Gasteiger partial charge is 0.506 e. The van der Waals surface area contributed by atoms with Gasteiger partial charge in [0, 0.05) is 18.0 Å². The molecule has 0 aliphatic rings. The van der Waals surface area contributed by atoms with E-state index < -0.39 is 5.82 Å². The van der Waals surface area contributed by atoms with Crippen molar-refractivity contribution in [3.8, 4) is 11.4 Å². The van der Waals surface area contributed by atoms with Gasteiger partial charge >= 0.3 is 0 Å². The molecule has 23 heavy (non-hydrogen) atoms. The summed E-state index contributed by atoms with van der Waals surface area (Å²) in [4.78, 5) is 16.5. The summed E-state index contributed by atoms with van der Waals surface area (Å²) < 4.78 is 14.6. The number of hydrogen-bond acceptors (Lipinski definition) is 3. The van der Waals surface area contributed by atoms with Crippen molar-refractivity contribution in [1.29, 1.82) is 0 Å². The summed E-state index contributed by atoms with van der Waals surface area (Å²) in [5, 5.41) is 12.6. The number of hydrogen-bond donors (Lipinski definition) is 2. The number of nitrogens with zero attached hydrogens (tertiary/aromatic N) is 2. The van der Waals surface area contributed by atoms with E-state index in [0.717, 1.165) is 12.1 Å². The Balaban J connectivity index is 2.02. The van der Waals surface area contributed by atoms with Crippen LogP contribution in [0, 0.1) is 12.7 Å². The Labute approximate surface area is 131 Å². The molecule has 0 fully saturated rings. The Bertz CT molecular complexity index is 927. The molecule has 5 nitrogen and oxygen atoms in total. The average Bonchev–Trinajstić information content (AvgIpc) is 2.84. The Morgan fingerprint density at radius 3 is 2.70 bits per heavy atom. The molecule has 0 bridgehead atoms. The van der Waals surface area contributed by atoms with Crippen LogP contribution < -0.4 is 5.56 Å². The number of aromatic nitrogens is 2. The maximum absolute atomic E-state index is 13.2. The molecule has 0 amide bonds. The molecule has 1 heterocycles. The zero-order chi connectivity index (χ0) is 16.4. The number of phenols is 1. The predicted molar refractivity (Wildman–Crippen MR) is 86.4 cm³/mol. The molecular weight excluding hydrogens is 297 g/mol. The maximum Gasteiger partial charge on any atom is 0.280 e. The lowest BCUT2D eigenvalue weighted by Crippen LogP contribution is -2.17. The van der Waals surface area contributed by atoms with Crippen LogP contribution in [-0.4, -0.2) is 21.1 Å². The normalized spacial score (nSPS) is 11.2. The molecule has 6 heteroatoms. The number of aromatic amines is 1. The maximum atomic E-state index is 13.2. The summed E-state index contributed by atoms with van der Waals surface area (Å²) in [6, 6.07) is 12.6. The van der Waals surface area contributed by atoms with Gasteiger partial charge in [-0.2, -0.15) is 0 Å². The lowest BCUT2D eigenvalue weighted by molar-refractivity contribution is 0.475. The van der Waals surface area contributed by atoms with E-state index in [1.54, 1.807) is 19.1 Å². The van der Waals surface area contributed by atoms with Gasteiger partial charge in [-0.25, -0.2) is 9.07 Å². The number of phenolic OH excluding ortho intramolecular Hbond substituents is 1. The van der Waals surface area contributed by atoms with Gasteiger partial charge in [0.05, 0.1) is 11.3 Å². The zero-order valence-corrected chi connectivity index (χ0v) is 12.3. The first-order valence-electron chi connectivity index (χ1n) is 6.96. The Morgan fingerprint density at radius 2 is 1.96 bits per heavy atom. The highest BCUT2D eigenvalue weighted by Gasteiger charge is 2.10. The fraction of sp³-hybridized carbons (Fsp3) is 0.0588. The lowest BCUT2D eigenvalue weighted by Gasteiger charge is -1.99. The van der Waals surface area contributed by atoms with Gasteiger partial charge in [-0.15, -0.1) is 0 Å². The van der Waals surface area contributed by atoms with Gasteiger partial charge in [-0.3, -0.25) is 14.9 Å². The van der Waals surface area contributed by atoms with Crippen molar-refractivity contribution in [2.75, 3.05) is 0 Å². The van der Waals surface area contributed by atoms with Gasteiger partial charge in [-0.1, -0.05) is 18.2 Å². The standard InChI is InChI=1S/C17H14FN3O2/c1-11-14(10-19-15-9-12(18)7-8-16(15)22)17(23)21(20-11)13-5-3-2-4-6-13/h2-10,20,22H,1H3. The van der Waals surface area contributed by atoms with Crippen LogP contribution in [0.1, 0.15) is 11.3 Å². The summed E-state index contributed by atoms with van der Waals surface area (Å²) in [5.41, 5.74) is 1.47. The van der Waals surface area contributed by atoms with Crippen LogP contribution in [0.2, 0.25) is 0 Å². The third kappa shape index (κ3) is 2.91. The molecule has 2 aromatic carbocycles. The minimum absolute atomic E-state index is 0.0660. The summed E-state index contributed by atoms with van der Waals surface area (Å²) in [7, 11) is 0. The van der Waals surface area contributed by atoms with Crippen molar-refractivity contribution in [2.45, 2.75) is 6.92 Å². The molecule has 0 spiro atoms. The highest BCUT2D eigenvalue weighted by atomic mass is 19.1. The van der Waals surface area contributed by atoms with Crippen molar-refractivity contribution < 1.29 is 9.50 Å². The predicted octanol–water partition coefficient (Wildman–Crippen LogP) is 3.07. The van der Waals surface area contributed by atoms with E-state index in [-0.39, 0.29) is 17.0 Å². The molecule has 0 saturated heterocycles. The first-order valence-corrected chi connectivity index (χ1v) is 6.96. The molecule has 3 aromatic rings. The van der Waals surface area contributed by atoms with Gasteiger partial charge in [0.2, 0.25) is 0 Å². The fourth-order valence-electron chi connectivity index (χ4n) is 2.20. The number of aryl methyl sites for hydroxylation is 1. The van der Waals surface area contributed by atoms with E-state index in [9.17, 15) is 14.3 Å². The number of nitrogens with one attached hydrogen (secondary N) is 1. The molecule has 0 aliphatic carbocycles. The molecule has 0 atom stereocenters. The number of para-hydroxylation sites is 1. The summed E-state index contributed by atoms with van der Waals surface area (Å²) in [6.07, 6.45) is 1.32. The number of aliphatic imine (C=N–C) groups is 1. The Kier molecular flexibility index (Phi) is 3.80. The number of halogens is 1. The van der Waals surface area contributed by atoms with Gasteiger partial charge < -0.3 is 5.11 Å². The Hall–Kier alpha value is -3.15. The second-order valence-electron chi connectivity index (χ2n) is 5.02. The van der Waals surface area contributed by atoms with Crippen molar-refractivity contribution >= 4 is 11.9 Å². The van der Waals surface area contributed by atoms with Crippen molar-refractivity contribution in [3.05, 3.63) is 76.0 Å². The first kappa shape index (κ1) is 14.8. The van der Waals surface area contributed by atoms with E-state index in [2.05, 4.69) is 10.1 Å². The van der Waals surface area contributed by atoms with Crippen molar-refractivity contribution in [1.82, 2.24) is 9.78 Å². The van der Waals surface area contributed by atoms with E-state index >= 15 is 0 Å². The number of benzene rings is 2. The molecule has 0 aliphatic heterocycles. The van der Waals surface area contributed by atoms with Crippen LogP contribution in [0.3, 0.4) is 0 Å². The average molecular weight is 311 g/mol.